The first-order chi connectivity index (χ1) is 8.06. The minimum atomic E-state index is -1.41. The summed E-state index contributed by atoms with van der Waals surface area (Å²) in [5, 5.41) is 9.90. The number of aliphatic hydroxyl groups is 1. The largest absolute Gasteiger partial charge is 0.464 e. The molecule has 3 nitrogen and oxygen atoms in total. The van der Waals surface area contributed by atoms with Crippen LogP contribution in [0, 0.1) is 0 Å². The summed E-state index contributed by atoms with van der Waals surface area (Å²) in [4.78, 5) is 11.4. The number of thioether (sulfide) groups is 1. The SMILES string of the molecule is CCOC(=O)C(C)(O)CSCc1ccccc1. The molecule has 4 heteroatoms. The van der Waals surface area contributed by atoms with E-state index < -0.39 is 11.6 Å². The van der Waals surface area contributed by atoms with Gasteiger partial charge in [0.15, 0.2) is 5.60 Å². The molecule has 1 N–H and O–H groups in total. The number of carbonyl (C=O) groups excluding carboxylic acids is 1. The van der Waals surface area contributed by atoms with E-state index in [0.29, 0.717) is 12.4 Å². The Balaban J connectivity index is 2.37. The standard InChI is InChI=1S/C13H18O3S/c1-3-16-12(14)13(2,15)10-17-9-11-7-5-4-6-8-11/h4-8,15H,3,9-10H2,1-2H3. The van der Waals surface area contributed by atoms with Crippen LogP contribution in [0.25, 0.3) is 0 Å². The Morgan fingerprint density at radius 3 is 2.65 bits per heavy atom. The number of esters is 1. The van der Waals surface area contributed by atoms with Gasteiger partial charge in [-0.05, 0) is 19.4 Å². The van der Waals surface area contributed by atoms with Gasteiger partial charge in [-0.15, -0.1) is 0 Å². The van der Waals surface area contributed by atoms with E-state index in [9.17, 15) is 9.90 Å². The van der Waals surface area contributed by atoms with Crippen LogP contribution >= 0.6 is 11.8 Å². The van der Waals surface area contributed by atoms with E-state index in [2.05, 4.69) is 0 Å². The molecule has 1 atom stereocenters. The molecule has 1 aromatic rings. The number of hydrogen-bond donors (Lipinski definition) is 1. The maximum atomic E-state index is 11.4. The van der Waals surface area contributed by atoms with Crippen LogP contribution < -0.4 is 0 Å². The van der Waals surface area contributed by atoms with Crippen molar-refractivity contribution in [1.29, 1.82) is 0 Å². The lowest BCUT2D eigenvalue weighted by atomic mass is 10.1. The Bertz CT molecular complexity index is 349. The van der Waals surface area contributed by atoms with Crippen LogP contribution in [0.5, 0.6) is 0 Å². The molecular formula is C13H18O3S. The predicted octanol–water partition coefficient (Wildman–Crippen LogP) is 2.23. The van der Waals surface area contributed by atoms with Gasteiger partial charge in [-0.25, -0.2) is 4.79 Å². The van der Waals surface area contributed by atoms with Gasteiger partial charge in [0.2, 0.25) is 0 Å². The van der Waals surface area contributed by atoms with Gasteiger partial charge >= 0.3 is 5.97 Å². The molecule has 0 aromatic heterocycles. The van der Waals surface area contributed by atoms with E-state index >= 15 is 0 Å². The molecule has 0 radical (unpaired) electrons. The maximum Gasteiger partial charge on any atom is 0.338 e. The fourth-order valence-corrected chi connectivity index (χ4v) is 2.33. The zero-order valence-corrected chi connectivity index (χ0v) is 11.0. The molecule has 0 fully saturated rings. The van der Waals surface area contributed by atoms with Crippen LogP contribution in [0.1, 0.15) is 19.4 Å². The van der Waals surface area contributed by atoms with Crippen molar-refractivity contribution < 1.29 is 14.6 Å². The summed E-state index contributed by atoms with van der Waals surface area (Å²) in [5.41, 5.74) is -0.229. The molecule has 17 heavy (non-hydrogen) atoms. The first-order valence-corrected chi connectivity index (χ1v) is 6.73. The van der Waals surface area contributed by atoms with Gasteiger partial charge in [0.25, 0.3) is 0 Å². The third kappa shape index (κ3) is 4.79. The lowest BCUT2D eigenvalue weighted by molar-refractivity contribution is -0.160. The van der Waals surface area contributed by atoms with Gasteiger partial charge in [-0.3, -0.25) is 0 Å². The minimum Gasteiger partial charge on any atom is -0.464 e. The third-order valence-corrected chi connectivity index (χ3v) is 3.51. The highest BCUT2D eigenvalue weighted by Gasteiger charge is 2.31. The average molecular weight is 254 g/mol. The summed E-state index contributed by atoms with van der Waals surface area (Å²) in [6.45, 7) is 3.51. The van der Waals surface area contributed by atoms with Crippen molar-refractivity contribution in [2.24, 2.45) is 0 Å². The topological polar surface area (TPSA) is 46.5 Å². The predicted molar refractivity (Wildman–Crippen MR) is 69.9 cm³/mol. The Hall–Kier alpha value is -1.00. The molecule has 1 aromatic carbocycles. The van der Waals surface area contributed by atoms with Crippen molar-refractivity contribution in [2.75, 3.05) is 12.4 Å². The van der Waals surface area contributed by atoms with Crippen LogP contribution in [0.3, 0.4) is 0 Å². The highest BCUT2D eigenvalue weighted by atomic mass is 32.2. The van der Waals surface area contributed by atoms with E-state index in [-0.39, 0.29) is 0 Å². The number of carbonyl (C=O) groups is 1. The van der Waals surface area contributed by atoms with Crippen LogP contribution in [0.15, 0.2) is 30.3 Å². The van der Waals surface area contributed by atoms with Crippen molar-refractivity contribution in [2.45, 2.75) is 25.2 Å². The summed E-state index contributed by atoms with van der Waals surface area (Å²) >= 11 is 1.52. The number of hydrogen-bond acceptors (Lipinski definition) is 4. The fraction of sp³-hybridized carbons (Fsp3) is 0.462. The summed E-state index contributed by atoms with van der Waals surface area (Å²) in [5.74, 6) is 0.553. The van der Waals surface area contributed by atoms with Gasteiger partial charge in [0, 0.05) is 11.5 Å². The number of benzene rings is 1. The maximum absolute atomic E-state index is 11.4. The van der Waals surface area contributed by atoms with Crippen LogP contribution in [-0.2, 0) is 15.3 Å². The monoisotopic (exact) mass is 254 g/mol. The summed E-state index contributed by atoms with van der Waals surface area (Å²) < 4.78 is 4.81. The third-order valence-electron chi connectivity index (χ3n) is 2.21. The summed E-state index contributed by atoms with van der Waals surface area (Å²) in [6.07, 6.45) is 0. The van der Waals surface area contributed by atoms with Crippen molar-refractivity contribution in [1.82, 2.24) is 0 Å². The van der Waals surface area contributed by atoms with E-state index in [1.807, 2.05) is 30.3 Å². The molecule has 0 amide bonds. The van der Waals surface area contributed by atoms with Crippen molar-refractivity contribution >= 4 is 17.7 Å². The van der Waals surface area contributed by atoms with Crippen molar-refractivity contribution in [3.8, 4) is 0 Å². The van der Waals surface area contributed by atoms with E-state index in [4.69, 9.17) is 4.74 Å². The van der Waals surface area contributed by atoms with Gasteiger partial charge in [0.05, 0.1) is 6.61 Å². The molecule has 94 valence electrons. The number of rotatable bonds is 6. The lowest BCUT2D eigenvalue weighted by Crippen LogP contribution is -2.39. The minimum absolute atomic E-state index is 0.290. The molecule has 1 unspecified atom stereocenters. The highest BCUT2D eigenvalue weighted by molar-refractivity contribution is 7.98. The average Bonchev–Trinajstić information content (AvgIpc) is 2.30. The Kier molecular flexibility index (Phi) is 5.51. The first kappa shape index (κ1) is 14.1. The molecule has 0 aliphatic heterocycles. The molecular weight excluding hydrogens is 236 g/mol. The smallest absolute Gasteiger partial charge is 0.338 e. The van der Waals surface area contributed by atoms with Gasteiger partial charge in [-0.2, -0.15) is 11.8 Å². The highest BCUT2D eigenvalue weighted by Crippen LogP contribution is 2.19. The summed E-state index contributed by atoms with van der Waals surface area (Å²) in [7, 11) is 0. The van der Waals surface area contributed by atoms with Crippen LogP contribution in [-0.4, -0.2) is 29.0 Å². The van der Waals surface area contributed by atoms with Gasteiger partial charge in [-0.1, -0.05) is 30.3 Å². The van der Waals surface area contributed by atoms with E-state index in [0.717, 1.165) is 5.75 Å². The quantitative estimate of drug-likeness (QED) is 0.791. The van der Waals surface area contributed by atoms with Crippen molar-refractivity contribution in [3.05, 3.63) is 35.9 Å². The molecule has 0 bridgehead atoms. The molecule has 0 heterocycles. The zero-order valence-electron chi connectivity index (χ0n) is 10.2. The van der Waals surface area contributed by atoms with E-state index in [1.165, 1.54) is 24.2 Å². The van der Waals surface area contributed by atoms with Crippen LogP contribution in [0.2, 0.25) is 0 Å². The molecule has 0 spiro atoms. The lowest BCUT2D eigenvalue weighted by Gasteiger charge is -2.20. The molecule has 0 saturated heterocycles. The second-order valence-corrected chi connectivity index (χ2v) is 4.96. The molecule has 0 saturated carbocycles. The van der Waals surface area contributed by atoms with Gasteiger partial charge in [0.1, 0.15) is 0 Å². The van der Waals surface area contributed by atoms with E-state index in [1.54, 1.807) is 6.92 Å². The summed E-state index contributed by atoms with van der Waals surface area (Å²) in [6, 6.07) is 9.94. The molecule has 0 aliphatic rings. The Morgan fingerprint density at radius 2 is 2.06 bits per heavy atom. The first-order valence-electron chi connectivity index (χ1n) is 5.57. The normalized spacial score (nSPS) is 14.1. The second kappa shape index (κ2) is 6.67. The fourth-order valence-electron chi connectivity index (χ4n) is 1.29. The Labute approximate surface area is 106 Å². The zero-order chi connectivity index (χ0) is 12.7. The van der Waals surface area contributed by atoms with Crippen LogP contribution in [0.4, 0.5) is 0 Å². The number of ether oxygens (including phenoxy) is 1. The van der Waals surface area contributed by atoms with Crippen molar-refractivity contribution in [3.63, 3.8) is 0 Å². The Morgan fingerprint density at radius 1 is 1.41 bits per heavy atom. The van der Waals surface area contributed by atoms with Gasteiger partial charge < -0.3 is 9.84 Å². The second-order valence-electron chi connectivity index (χ2n) is 3.97. The molecule has 1 rings (SSSR count). The molecule has 0 aliphatic carbocycles.